The molecule has 1 heterocycles. The smallest absolute Gasteiger partial charge is 0.0985 e. The zero-order valence-corrected chi connectivity index (χ0v) is 15.3. The van der Waals surface area contributed by atoms with Gasteiger partial charge in [0.1, 0.15) is 0 Å². The molecule has 0 radical (unpaired) electrons. The van der Waals surface area contributed by atoms with E-state index in [0.717, 1.165) is 5.92 Å². The van der Waals surface area contributed by atoms with E-state index in [1.54, 1.807) is 0 Å². The van der Waals surface area contributed by atoms with Crippen molar-refractivity contribution >= 4 is 11.3 Å². The summed E-state index contributed by atoms with van der Waals surface area (Å²) >= 11 is 1.87. The molecule has 0 aliphatic carbocycles. The molecular weight excluding hydrogens is 264 g/mol. The van der Waals surface area contributed by atoms with Crippen LogP contribution in [-0.4, -0.2) is 11.0 Å². The second kappa shape index (κ2) is 7.04. The summed E-state index contributed by atoms with van der Waals surface area (Å²) < 4.78 is 0. The summed E-state index contributed by atoms with van der Waals surface area (Å²) in [4.78, 5) is 6.16. The number of nitrogens with zero attached hydrogens (tertiary/aromatic N) is 1. The third-order valence-electron chi connectivity index (χ3n) is 3.58. The predicted molar refractivity (Wildman–Crippen MR) is 90.6 cm³/mol. The first-order chi connectivity index (χ1) is 9.11. The fraction of sp³-hybridized carbons (Fsp3) is 0.824. The molecule has 0 aliphatic heterocycles. The molecule has 116 valence electrons. The molecule has 0 amide bonds. The van der Waals surface area contributed by atoms with Gasteiger partial charge in [-0.15, -0.1) is 11.3 Å². The number of thiazole rings is 1. The molecule has 20 heavy (non-hydrogen) atoms. The van der Waals surface area contributed by atoms with Gasteiger partial charge >= 0.3 is 0 Å². The molecule has 1 aromatic heterocycles. The Morgan fingerprint density at radius 3 is 2.15 bits per heavy atom. The lowest BCUT2D eigenvalue weighted by Gasteiger charge is -2.20. The van der Waals surface area contributed by atoms with E-state index in [1.165, 1.54) is 28.4 Å². The van der Waals surface area contributed by atoms with Gasteiger partial charge in [0.2, 0.25) is 0 Å². The van der Waals surface area contributed by atoms with E-state index in [9.17, 15) is 0 Å². The summed E-state index contributed by atoms with van der Waals surface area (Å²) in [6, 6.07) is 0.956. The maximum Gasteiger partial charge on any atom is 0.0985 e. The fourth-order valence-electron chi connectivity index (χ4n) is 2.30. The topological polar surface area (TPSA) is 24.9 Å². The highest BCUT2D eigenvalue weighted by atomic mass is 32.1. The number of rotatable bonds is 6. The zero-order chi connectivity index (χ0) is 15.5. The first kappa shape index (κ1) is 17.6. The van der Waals surface area contributed by atoms with E-state index in [4.69, 9.17) is 4.98 Å². The van der Waals surface area contributed by atoms with Crippen LogP contribution < -0.4 is 5.32 Å². The minimum atomic E-state index is 0.149. The van der Waals surface area contributed by atoms with Crippen molar-refractivity contribution in [1.82, 2.24) is 10.3 Å². The van der Waals surface area contributed by atoms with E-state index < -0.39 is 0 Å². The minimum absolute atomic E-state index is 0.149. The number of aryl methyl sites for hydroxylation is 1. The first-order valence-electron chi connectivity index (χ1n) is 7.85. The van der Waals surface area contributed by atoms with Gasteiger partial charge in [0.05, 0.1) is 10.7 Å². The van der Waals surface area contributed by atoms with Crippen molar-refractivity contribution in [3.8, 4) is 0 Å². The van der Waals surface area contributed by atoms with E-state index in [2.05, 4.69) is 60.7 Å². The minimum Gasteiger partial charge on any atom is -0.307 e. The summed E-state index contributed by atoms with van der Waals surface area (Å²) in [5, 5.41) is 4.97. The van der Waals surface area contributed by atoms with E-state index in [-0.39, 0.29) is 5.41 Å². The third-order valence-corrected chi connectivity index (χ3v) is 5.34. The molecule has 1 rings (SSSR count). The van der Waals surface area contributed by atoms with Gasteiger partial charge in [0.25, 0.3) is 0 Å². The van der Waals surface area contributed by atoms with Crippen molar-refractivity contribution in [1.29, 1.82) is 0 Å². The van der Waals surface area contributed by atoms with Crippen molar-refractivity contribution in [2.45, 2.75) is 85.7 Å². The molecule has 3 heteroatoms. The molecule has 0 spiro atoms. The predicted octanol–water partition coefficient (Wildman–Crippen LogP) is 5.22. The van der Waals surface area contributed by atoms with Crippen LogP contribution in [0.4, 0.5) is 0 Å². The maximum absolute atomic E-state index is 4.76. The van der Waals surface area contributed by atoms with Gasteiger partial charge in [-0.1, -0.05) is 34.6 Å². The molecule has 0 aliphatic rings. The van der Waals surface area contributed by atoms with E-state index >= 15 is 0 Å². The summed E-state index contributed by atoms with van der Waals surface area (Å²) in [5.41, 5.74) is 1.34. The Labute approximate surface area is 129 Å². The molecule has 0 saturated carbocycles. The van der Waals surface area contributed by atoms with Crippen molar-refractivity contribution < 1.29 is 0 Å². The van der Waals surface area contributed by atoms with Gasteiger partial charge < -0.3 is 5.32 Å². The standard InChI is InChI=1S/C17H32N2S/c1-11(2)9-10-12(3)18-13(4)15-14(5)19-16(20-15)17(6,7)8/h11-13,18H,9-10H2,1-8H3. The second-order valence-corrected chi connectivity index (χ2v) is 8.51. The summed E-state index contributed by atoms with van der Waals surface area (Å²) in [6.45, 7) is 18.0. The lowest BCUT2D eigenvalue weighted by atomic mass is 9.98. The summed E-state index contributed by atoms with van der Waals surface area (Å²) in [5.74, 6) is 0.784. The molecule has 2 nitrogen and oxygen atoms in total. The summed E-state index contributed by atoms with van der Waals surface area (Å²) in [6.07, 6.45) is 2.53. The Balaban J connectivity index is 2.68. The van der Waals surface area contributed by atoms with Gasteiger partial charge in [0.15, 0.2) is 0 Å². The molecule has 1 aromatic rings. The average molecular weight is 297 g/mol. The highest BCUT2D eigenvalue weighted by Crippen LogP contribution is 2.32. The van der Waals surface area contributed by atoms with Gasteiger partial charge in [-0.2, -0.15) is 0 Å². The Kier molecular flexibility index (Phi) is 6.21. The average Bonchev–Trinajstić information content (AvgIpc) is 2.68. The largest absolute Gasteiger partial charge is 0.307 e. The van der Waals surface area contributed by atoms with E-state index in [0.29, 0.717) is 12.1 Å². The van der Waals surface area contributed by atoms with Crippen LogP contribution >= 0.6 is 11.3 Å². The molecule has 0 saturated heterocycles. The molecule has 0 aromatic carbocycles. The number of nitrogens with one attached hydrogen (secondary N) is 1. The van der Waals surface area contributed by atoms with Gasteiger partial charge in [-0.25, -0.2) is 4.98 Å². The number of hydrogen-bond donors (Lipinski definition) is 1. The van der Waals surface area contributed by atoms with Gasteiger partial charge in [0, 0.05) is 22.4 Å². The van der Waals surface area contributed by atoms with Crippen LogP contribution in [0.15, 0.2) is 0 Å². The maximum atomic E-state index is 4.76. The van der Waals surface area contributed by atoms with Crippen LogP contribution in [0.5, 0.6) is 0 Å². The lowest BCUT2D eigenvalue weighted by Crippen LogP contribution is -2.29. The van der Waals surface area contributed by atoms with Crippen LogP contribution in [0.3, 0.4) is 0 Å². The summed E-state index contributed by atoms with van der Waals surface area (Å²) in [7, 11) is 0. The lowest BCUT2D eigenvalue weighted by molar-refractivity contribution is 0.419. The molecule has 0 fully saturated rings. The molecule has 0 bridgehead atoms. The van der Waals surface area contributed by atoms with E-state index in [1.807, 2.05) is 11.3 Å². The number of aromatic nitrogens is 1. The highest BCUT2D eigenvalue weighted by Gasteiger charge is 2.22. The van der Waals surface area contributed by atoms with Crippen molar-refractivity contribution in [2.75, 3.05) is 0 Å². The Morgan fingerprint density at radius 1 is 1.10 bits per heavy atom. The quantitative estimate of drug-likeness (QED) is 0.778. The number of hydrogen-bond acceptors (Lipinski definition) is 3. The second-order valence-electron chi connectivity index (χ2n) is 7.48. The van der Waals surface area contributed by atoms with Crippen LogP contribution in [0.1, 0.15) is 82.9 Å². The Morgan fingerprint density at radius 2 is 1.70 bits per heavy atom. The third kappa shape index (κ3) is 5.17. The highest BCUT2D eigenvalue weighted by molar-refractivity contribution is 7.12. The van der Waals surface area contributed by atoms with Crippen LogP contribution in [-0.2, 0) is 5.41 Å². The van der Waals surface area contributed by atoms with Crippen LogP contribution in [0.2, 0.25) is 0 Å². The van der Waals surface area contributed by atoms with Crippen molar-refractivity contribution in [3.05, 3.63) is 15.6 Å². The monoisotopic (exact) mass is 296 g/mol. The molecule has 2 atom stereocenters. The molecule has 1 N–H and O–H groups in total. The van der Waals surface area contributed by atoms with Crippen LogP contribution in [0.25, 0.3) is 0 Å². The van der Waals surface area contributed by atoms with Crippen molar-refractivity contribution in [2.24, 2.45) is 5.92 Å². The Hall–Kier alpha value is -0.410. The molecular formula is C17H32N2S. The SMILES string of the molecule is Cc1nc(C(C)(C)C)sc1C(C)NC(C)CCC(C)C. The zero-order valence-electron chi connectivity index (χ0n) is 14.5. The Bertz CT molecular complexity index is 415. The first-order valence-corrected chi connectivity index (χ1v) is 8.66. The molecule has 2 unspecified atom stereocenters. The normalized spacial score (nSPS) is 15.7. The van der Waals surface area contributed by atoms with Crippen LogP contribution in [0, 0.1) is 12.8 Å². The van der Waals surface area contributed by atoms with Gasteiger partial charge in [-0.3, -0.25) is 0 Å². The van der Waals surface area contributed by atoms with Gasteiger partial charge in [-0.05, 0) is 39.5 Å². The fourth-order valence-corrected chi connectivity index (χ4v) is 3.44. The van der Waals surface area contributed by atoms with Crippen molar-refractivity contribution in [3.63, 3.8) is 0 Å².